The van der Waals surface area contributed by atoms with E-state index in [2.05, 4.69) is 6.58 Å². The lowest BCUT2D eigenvalue weighted by atomic mass is 10.4. The van der Waals surface area contributed by atoms with Crippen LogP contribution in [0.4, 0.5) is 0 Å². The normalized spacial score (nSPS) is 18.0. The average Bonchev–Trinajstić information content (AvgIpc) is 2.14. The zero-order chi connectivity index (χ0) is 5.11. The van der Waals surface area contributed by atoms with Gasteiger partial charge in [-0.1, -0.05) is 6.58 Å². The molecule has 0 aromatic carbocycles. The summed E-state index contributed by atoms with van der Waals surface area (Å²) in [5.41, 5.74) is 0. The molecular weight excluding hydrogens is 88.1 g/mol. The van der Waals surface area contributed by atoms with Crippen LogP contribution in [-0.2, 0) is 4.74 Å². The Morgan fingerprint density at radius 2 is 2.71 bits per heavy atom. The minimum Gasteiger partial charge on any atom is -0.494 e. The van der Waals surface area contributed by atoms with E-state index in [0.29, 0.717) is 0 Å². The van der Waals surface area contributed by atoms with Crippen LogP contribution in [0.5, 0.6) is 0 Å². The molecule has 1 rings (SSSR count). The highest BCUT2D eigenvalue weighted by Crippen LogP contribution is 2.07. The van der Waals surface area contributed by atoms with Crippen molar-refractivity contribution in [3.63, 3.8) is 0 Å². The van der Waals surface area contributed by atoms with Crippen molar-refractivity contribution in [2.45, 2.75) is 6.42 Å². The van der Waals surface area contributed by atoms with E-state index >= 15 is 0 Å². The molecule has 0 aliphatic carbocycles. The Kier molecular flexibility index (Phi) is 1.16. The largest absolute Gasteiger partial charge is 0.494 e. The number of ether oxygens (including phenoxy) is 1. The van der Waals surface area contributed by atoms with Crippen molar-refractivity contribution in [2.75, 3.05) is 6.61 Å². The van der Waals surface area contributed by atoms with Gasteiger partial charge in [-0.2, -0.15) is 0 Å². The molecule has 0 saturated carbocycles. The highest BCUT2D eigenvalue weighted by Gasteiger charge is 1.97. The molecule has 0 unspecified atom stereocenters. The van der Waals surface area contributed by atoms with Crippen LogP contribution in [0.3, 0.4) is 0 Å². The first-order valence-electron chi connectivity index (χ1n) is 2.39. The van der Waals surface area contributed by atoms with Crippen LogP contribution in [0.25, 0.3) is 0 Å². The molecule has 0 spiro atoms. The van der Waals surface area contributed by atoms with E-state index in [-0.39, 0.29) is 0 Å². The lowest BCUT2D eigenvalue weighted by Gasteiger charge is -1.91. The van der Waals surface area contributed by atoms with Crippen molar-refractivity contribution in [1.82, 2.24) is 0 Å². The molecule has 0 bridgehead atoms. The Hall–Kier alpha value is -0.720. The van der Waals surface area contributed by atoms with E-state index in [4.69, 9.17) is 4.74 Å². The van der Waals surface area contributed by atoms with Gasteiger partial charge in [0.15, 0.2) is 0 Å². The zero-order valence-corrected chi connectivity index (χ0v) is 4.18. The molecule has 0 fully saturated rings. The van der Waals surface area contributed by atoms with Gasteiger partial charge in [0.05, 0.1) is 6.61 Å². The molecule has 1 heterocycles. The number of hydrogen-bond donors (Lipinski definition) is 0. The first kappa shape index (κ1) is 4.44. The summed E-state index contributed by atoms with van der Waals surface area (Å²) < 4.78 is 5.05. The third-order valence-corrected chi connectivity index (χ3v) is 0.933. The molecule has 1 nitrogen and oxygen atoms in total. The second kappa shape index (κ2) is 1.82. The van der Waals surface area contributed by atoms with Gasteiger partial charge in [-0.25, -0.2) is 0 Å². The molecule has 0 amide bonds. The van der Waals surface area contributed by atoms with Crippen LogP contribution >= 0.6 is 0 Å². The van der Waals surface area contributed by atoms with Gasteiger partial charge in [-0.3, -0.25) is 0 Å². The smallest absolute Gasteiger partial charge is 0.114 e. The lowest BCUT2D eigenvalue weighted by molar-refractivity contribution is 0.257. The maximum absolute atomic E-state index is 5.05. The Labute approximate surface area is 43.3 Å². The zero-order valence-electron chi connectivity index (χ0n) is 4.18. The average molecular weight is 96.1 g/mol. The molecule has 1 heteroatoms. The summed E-state index contributed by atoms with van der Waals surface area (Å²) in [7, 11) is 0. The first-order chi connectivity index (χ1) is 3.43. The predicted octanol–water partition coefficient (Wildman–Crippen LogP) is 1.48. The van der Waals surface area contributed by atoms with Crippen molar-refractivity contribution in [2.24, 2.45) is 0 Å². The summed E-state index contributed by atoms with van der Waals surface area (Å²) in [5, 5.41) is 0. The third-order valence-electron chi connectivity index (χ3n) is 0.933. The topological polar surface area (TPSA) is 9.23 Å². The van der Waals surface area contributed by atoms with Crippen molar-refractivity contribution < 1.29 is 4.74 Å². The summed E-state index contributed by atoms with van der Waals surface area (Å²) in [5.74, 6) is 0.931. The van der Waals surface area contributed by atoms with Crippen molar-refractivity contribution in [1.29, 1.82) is 0 Å². The van der Waals surface area contributed by atoms with E-state index in [9.17, 15) is 0 Å². The Balaban J connectivity index is 2.51. The Morgan fingerprint density at radius 3 is 3.00 bits per heavy atom. The second-order valence-electron chi connectivity index (χ2n) is 1.45. The number of rotatable bonds is 1. The highest BCUT2D eigenvalue weighted by atomic mass is 16.5. The Morgan fingerprint density at radius 1 is 1.86 bits per heavy atom. The van der Waals surface area contributed by atoms with Gasteiger partial charge in [0, 0.05) is 6.42 Å². The monoisotopic (exact) mass is 96.1 g/mol. The molecule has 1 aliphatic heterocycles. The number of allylic oxidation sites excluding steroid dienone is 1. The van der Waals surface area contributed by atoms with Crippen molar-refractivity contribution in [3.05, 3.63) is 24.5 Å². The van der Waals surface area contributed by atoms with Crippen LogP contribution in [0.1, 0.15) is 6.42 Å². The lowest BCUT2D eigenvalue weighted by Crippen LogP contribution is -1.77. The molecule has 7 heavy (non-hydrogen) atoms. The molecule has 0 radical (unpaired) electrons. The summed E-state index contributed by atoms with van der Waals surface area (Å²) in [6.07, 6.45) is 4.81. The molecular formula is C6H8O. The summed E-state index contributed by atoms with van der Waals surface area (Å²) in [6.45, 7) is 4.38. The number of hydrogen-bond acceptors (Lipinski definition) is 1. The van der Waals surface area contributed by atoms with Gasteiger partial charge in [0.2, 0.25) is 0 Å². The quantitative estimate of drug-likeness (QED) is 0.480. The van der Waals surface area contributed by atoms with E-state index in [0.717, 1.165) is 18.8 Å². The summed E-state index contributed by atoms with van der Waals surface area (Å²) in [4.78, 5) is 0. The Bertz CT molecular complexity index is 103. The predicted molar refractivity (Wildman–Crippen MR) is 28.8 cm³/mol. The summed E-state index contributed by atoms with van der Waals surface area (Å²) in [6, 6.07) is 0. The molecule has 0 aromatic heterocycles. The van der Waals surface area contributed by atoms with Gasteiger partial charge < -0.3 is 4.74 Å². The fourth-order valence-electron chi connectivity index (χ4n) is 0.579. The maximum atomic E-state index is 5.05. The van der Waals surface area contributed by atoms with Crippen LogP contribution in [0, 0.1) is 0 Å². The minimum absolute atomic E-state index is 0.835. The van der Waals surface area contributed by atoms with E-state index in [1.54, 1.807) is 6.08 Å². The van der Waals surface area contributed by atoms with Crippen LogP contribution in [-0.4, -0.2) is 6.61 Å². The molecule has 38 valence electrons. The summed E-state index contributed by atoms with van der Waals surface area (Å²) >= 11 is 0. The van der Waals surface area contributed by atoms with Gasteiger partial charge in [-0.05, 0) is 12.2 Å². The molecule has 0 N–H and O–H groups in total. The molecule has 0 atom stereocenters. The molecule has 0 aromatic rings. The van der Waals surface area contributed by atoms with Crippen LogP contribution in [0.2, 0.25) is 0 Å². The SMILES string of the molecule is C=CC1=CCCO1. The van der Waals surface area contributed by atoms with E-state index in [1.807, 2.05) is 6.08 Å². The third kappa shape index (κ3) is 0.829. The second-order valence-corrected chi connectivity index (χ2v) is 1.45. The van der Waals surface area contributed by atoms with E-state index in [1.165, 1.54) is 0 Å². The van der Waals surface area contributed by atoms with Gasteiger partial charge in [-0.15, -0.1) is 0 Å². The van der Waals surface area contributed by atoms with Crippen LogP contribution < -0.4 is 0 Å². The van der Waals surface area contributed by atoms with Gasteiger partial charge in [0.1, 0.15) is 5.76 Å². The maximum Gasteiger partial charge on any atom is 0.114 e. The van der Waals surface area contributed by atoms with E-state index < -0.39 is 0 Å². The van der Waals surface area contributed by atoms with Gasteiger partial charge >= 0.3 is 0 Å². The molecule has 0 saturated heterocycles. The molecule has 1 aliphatic rings. The highest BCUT2D eigenvalue weighted by molar-refractivity contribution is 5.11. The first-order valence-corrected chi connectivity index (χ1v) is 2.39. The fourth-order valence-corrected chi connectivity index (χ4v) is 0.579. The minimum atomic E-state index is 0.835. The van der Waals surface area contributed by atoms with Crippen molar-refractivity contribution >= 4 is 0 Å². The fraction of sp³-hybridized carbons (Fsp3) is 0.333. The van der Waals surface area contributed by atoms with Gasteiger partial charge in [0.25, 0.3) is 0 Å². The standard InChI is InChI=1S/C6H8O/c1-2-6-4-3-5-7-6/h2,4H,1,3,5H2. The van der Waals surface area contributed by atoms with Crippen molar-refractivity contribution in [3.8, 4) is 0 Å². The van der Waals surface area contributed by atoms with Crippen LogP contribution in [0.15, 0.2) is 24.5 Å².